The van der Waals surface area contributed by atoms with Gasteiger partial charge in [-0.15, -0.1) is 0 Å². The van der Waals surface area contributed by atoms with Crippen molar-refractivity contribution in [3.8, 4) is 5.75 Å². The van der Waals surface area contributed by atoms with Crippen molar-refractivity contribution in [1.82, 2.24) is 0 Å². The van der Waals surface area contributed by atoms with E-state index in [0.717, 1.165) is 11.1 Å². The van der Waals surface area contributed by atoms with Gasteiger partial charge in [0.2, 0.25) is 0 Å². The first kappa shape index (κ1) is 12.9. The van der Waals surface area contributed by atoms with Crippen LogP contribution in [0.15, 0.2) is 51.8 Å². The van der Waals surface area contributed by atoms with Gasteiger partial charge in [-0.25, -0.2) is 0 Å². The van der Waals surface area contributed by atoms with Crippen molar-refractivity contribution in [3.05, 3.63) is 59.2 Å². The van der Waals surface area contributed by atoms with E-state index in [1.165, 1.54) is 13.2 Å². The van der Waals surface area contributed by atoms with Gasteiger partial charge < -0.3 is 4.74 Å². The molecule has 0 aromatic heterocycles. The number of nitrogens with zero attached hydrogens (tertiary/aromatic N) is 1. The predicted octanol–water partition coefficient (Wildman–Crippen LogP) is 2.54. The van der Waals surface area contributed by atoms with Gasteiger partial charge in [0, 0.05) is 17.2 Å². The van der Waals surface area contributed by atoms with Crippen LogP contribution in [0.3, 0.4) is 0 Å². The van der Waals surface area contributed by atoms with Crippen molar-refractivity contribution >= 4 is 15.7 Å². The topological polar surface area (TPSA) is 55.7 Å². The summed E-state index contributed by atoms with van der Waals surface area (Å²) in [6.45, 7) is 1.98. The molecule has 20 heavy (non-hydrogen) atoms. The maximum absolute atomic E-state index is 12.1. The van der Waals surface area contributed by atoms with Crippen LogP contribution in [0.2, 0.25) is 0 Å². The molecule has 0 bridgehead atoms. The zero-order valence-corrected chi connectivity index (χ0v) is 11.9. The van der Waals surface area contributed by atoms with E-state index in [1.807, 2.05) is 31.2 Å². The second kappa shape index (κ2) is 4.45. The minimum absolute atomic E-state index is 0.201. The molecule has 4 nitrogen and oxygen atoms in total. The first-order valence-corrected chi connectivity index (χ1v) is 7.56. The standard InChI is InChI=1S/C15H13NO3S/c1-10-3-5-11(6-4-10)15-13-8-7-12(19-2)9-14(13)20(17,18)16-15/h3-9H,1-2H3. The van der Waals surface area contributed by atoms with Gasteiger partial charge in [0.25, 0.3) is 10.0 Å². The zero-order valence-electron chi connectivity index (χ0n) is 11.1. The number of ether oxygens (including phenoxy) is 1. The molecular formula is C15H13NO3S. The first-order valence-electron chi connectivity index (χ1n) is 6.12. The molecule has 2 aromatic rings. The highest BCUT2D eigenvalue weighted by Gasteiger charge is 2.30. The van der Waals surface area contributed by atoms with Crippen molar-refractivity contribution in [2.24, 2.45) is 4.40 Å². The smallest absolute Gasteiger partial charge is 0.283 e. The van der Waals surface area contributed by atoms with Crippen molar-refractivity contribution in [3.63, 3.8) is 0 Å². The summed E-state index contributed by atoms with van der Waals surface area (Å²) < 4.78 is 33.2. The molecule has 2 aromatic carbocycles. The van der Waals surface area contributed by atoms with Gasteiger partial charge >= 0.3 is 0 Å². The number of hydrogen-bond acceptors (Lipinski definition) is 3. The Bertz CT molecular complexity index is 806. The van der Waals surface area contributed by atoms with Crippen LogP contribution in [-0.4, -0.2) is 21.2 Å². The van der Waals surface area contributed by atoms with Crippen LogP contribution < -0.4 is 4.74 Å². The molecule has 5 heteroatoms. The predicted molar refractivity (Wildman–Crippen MR) is 77.0 cm³/mol. The van der Waals surface area contributed by atoms with Crippen molar-refractivity contribution < 1.29 is 13.2 Å². The molecule has 0 fully saturated rings. The molecule has 102 valence electrons. The lowest BCUT2D eigenvalue weighted by Crippen LogP contribution is -2.00. The van der Waals surface area contributed by atoms with Crippen LogP contribution in [0, 0.1) is 6.92 Å². The summed E-state index contributed by atoms with van der Waals surface area (Å²) >= 11 is 0. The summed E-state index contributed by atoms with van der Waals surface area (Å²) in [4.78, 5) is 0.201. The SMILES string of the molecule is COc1ccc2c(c1)S(=O)(=O)N=C2c1ccc(C)cc1. The molecule has 0 unspecified atom stereocenters. The number of sulfonamides is 1. The third kappa shape index (κ3) is 2.00. The van der Waals surface area contributed by atoms with E-state index in [4.69, 9.17) is 4.74 Å². The fraction of sp³-hybridized carbons (Fsp3) is 0.133. The first-order chi connectivity index (χ1) is 9.51. The highest BCUT2D eigenvalue weighted by atomic mass is 32.2. The van der Waals surface area contributed by atoms with Crippen LogP contribution >= 0.6 is 0 Å². The van der Waals surface area contributed by atoms with Crippen molar-refractivity contribution in [2.75, 3.05) is 7.11 Å². The quantitative estimate of drug-likeness (QED) is 0.853. The molecule has 0 amide bonds. The Balaban J connectivity index is 2.19. The molecule has 1 heterocycles. The van der Waals surface area contributed by atoms with Crippen LogP contribution in [-0.2, 0) is 10.0 Å². The number of methoxy groups -OCH3 is 1. The summed E-state index contributed by atoms with van der Waals surface area (Å²) in [5.74, 6) is 0.507. The molecule has 0 atom stereocenters. The van der Waals surface area contributed by atoms with E-state index in [9.17, 15) is 8.42 Å². The maximum atomic E-state index is 12.1. The number of benzene rings is 2. The van der Waals surface area contributed by atoms with Gasteiger partial charge in [-0.1, -0.05) is 29.8 Å². The summed E-state index contributed by atoms with van der Waals surface area (Å²) in [6, 6.07) is 12.6. The zero-order chi connectivity index (χ0) is 14.3. The molecule has 0 saturated heterocycles. The fourth-order valence-corrected chi connectivity index (χ4v) is 3.43. The van der Waals surface area contributed by atoms with E-state index in [1.54, 1.807) is 12.1 Å². The second-order valence-corrected chi connectivity index (χ2v) is 6.22. The Hall–Kier alpha value is -2.14. The van der Waals surface area contributed by atoms with Gasteiger partial charge in [-0.3, -0.25) is 0 Å². The number of aryl methyl sites for hydroxylation is 1. The summed E-state index contributed by atoms with van der Waals surface area (Å²) in [5, 5.41) is 0. The van der Waals surface area contributed by atoms with Crippen molar-refractivity contribution in [2.45, 2.75) is 11.8 Å². The highest BCUT2D eigenvalue weighted by molar-refractivity contribution is 7.90. The van der Waals surface area contributed by atoms with Gasteiger partial charge in [0.1, 0.15) is 10.6 Å². The molecule has 0 saturated carbocycles. The lowest BCUT2D eigenvalue weighted by Gasteiger charge is -2.05. The monoisotopic (exact) mass is 287 g/mol. The number of hydrogen-bond donors (Lipinski definition) is 0. The van der Waals surface area contributed by atoms with E-state index in [-0.39, 0.29) is 4.90 Å². The van der Waals surface area contributed by atoms with Crippen LogP contribution in [0.5, 0.6) is 5.75 Å². The van der Waals surface area contributed by atoms with Gasteiger partial charge in [-0.2, -0.15) is 12.8 Å². The Labute approximate surface area is 117 Å². The lowest BCUT2D eigenvalue weighted by molar-refractivity contribution is 0.413. The number of fused-ring (bicyclic) bond motifs is 1. The molecule has 0 spiro atoms. The molecule has 0 N–H and O–H groups in total. The average Bonchev–Trinajstić information content (AvgIpc) is 2.71. The second-order valence-electron chi connectivity index (χ2n) is 4.64. The largest absolute Gasteiger partial charge is 0.497 e. The third-order valence-electron chi connectivity index (χ3n) is 3.26. The minimum atomic E-state index is -3.64. The molecule has 1 aliphatic heterocycles. The molecule has 0 aliphatic carbocycles. The van der Waals surface area contributed by atoms with E-state index < -0.39 is 10.0 Å². The molecule has 3 rings (SSSR count). The Morgan fingerprint density at radius 2 is 1.75 bits per heavy atom. The van der Waals surface area contributed by atoms with Crippen LogP contribution in [0.4, 0.5) is 0 Å². The van der Waals surface area contributed by atoms with Crippen molar-refractivity contribution in [1.29, 1.82) is 0 Å². The molecule has 0 radical (unpaired) electrons. The Kier molecular flexibility index (Phi) is 2.87. The van der Waals surface area contributed by atoms with Crippen LogP contribution in [0.1, 0.15) is 16.7 Å². The Morgan fingerprint density at radius 3 is 2.40 bits per heavy atom. The van der Waals surface area contributed by atoms with Crippen LogP contribution in [0.25, 0.3) is 0 Å². The highest BCUT2D eigenvalue weighted by Crippen LogP contribution is 2.32. The van der Waals surface area contributed by atoms with E-state index in [0.29, 0.717) is 17.0 Å². The normalized spacial score (nSPS) is 15.6. The molecular weight excluding hydrogens is 274 g/mol. The van der Waals surface area contributed by atoms with Gasteiger partial charge in [0.05, 0.1) is 12.8 Å². The van der Waals surface area contributed by atoms with Gasteiger partial charge in [0.15, 0.2) is 0 Å². The van der Waals surface area contributed by atoms with E-state index in [2.05, 4.69) is 4.40 Å². The van der Waals surface area contributed by atoms with E-state index >= 15 is 0 Å². The number of rotatable bonds is 2. The molecule has 1 aliphatic rings. The summed E-state index contributed by atoms with van der Waals surface area (Å²) in [6.07, 6.45) is 0. The third-order valence-corrected chi connectivity index (χ3v) is 4.57. The summed E-state index contributed by atoms with van der Waals surface area (Å²) in [5.41, 5.74) is 3.02. The maximum Gasteiger partial charge on any atom is 0.283 e. The lowest BCUT2D eigenvalue weighted by atomic mass is 10.0. The summed E-state index contributed by atoms with van der Waals surface area (Å²) in [7, 11) is -2.13. The Morgan fingerprint density at radius 1 is 1.05 bits per heavy atom. The fourth-order valence-electron chi connectivity index (χ4n) is 2.18. The average molecular weight is 287 g/mol. The minimum Gasteiger partial charge on any atom is -0.497 e. The van der Waals surface area contributed by atoms with Gasteiger partial charge in [-0.05, 0) is 19.1 Å².